The topological polar surface area (TPSA) is 28.7 Å². The Kier molecular flexibility index (Phi) is 11.9. The lowest BCUT2D eigenvalue weighted by molar-refractivity contribution is 1.07. The number of aromatic amines is 1. The van der Waals surface area contributed by atoms with Crippen molar-refractivity contribution in [2.75, 3.05) is 0 Å². The molecule has 1 aromatic carbocycles. The van der Waals surface area contributed by atoms with Crippen LogP contribution in [0.3, 0.4) is 0 Å². The molecule has 0 unspecified atom stereocenters. The summed E-state index contributed by atoms with van der Waals surface area (Å²) >= 11 is 0. The minimum absolute atomic E-state index is 1.05. The normalized spacial score (nSPS) is 8.00. The summed E-state index contributed by atoms with van der Waals surface area (Å²) in [7, 11) is 0. The molecule has 0 aliphatic rings. The lowest BCUT2D eigenvalue weighted by atomic mass is 10.1. The largest absolute Gasteiger partial charge is 0.282 e. The van der Waals surface area contributed by atoms with Gasteiger partial charge >= 0.3 is 0 Å². The number of aryl methyl sites for hydroxylation is 2. The Morgan fingerprint density at radius 1 is 0.882 bits per heavy atom. The van der Waals surface area contributed by atoms with Crippen LogP contribution in [-0.2, 0) is 0 Å². The monoisotopic (exact) mass is 236 g/mol. The third-order valence-corrected chi connectivity index (χ3v) is 1.90. The van der Waals surface area contributed by atoms with Crippen molar-refractivity contribution in [3.05, 3.63) is 29.5 Å². The van der Waals surface area contributed by atoms with Crippen LogP contribution in [0, 0.1) is 13.8 Å². The fraction of sp³-hybridized carbons (Fsp3) is 0.533. The molecule has 17 heavy (non-hydrogen) atoms. The lowest BCUT2D eigenvalue weighted by Gasteiger charge is -1.91. The summed E-state index contributed by atoms with van der Waals surface area (Å²) in [6.45, 7) is 16.1. The molecular formula is C15H28N2. The van der Waals surface area contributed by atoms with Crippen molar-refractivity contribution in [2.24, 2.45) is 0 Å². The molecule has 0 spiro atoms. The summed E-state index contributed by atoms with van der Waals surface area (Å²) in [4.78, 5) is 0. The quantitative estimate of drug-likeness (QED) is 0.664. The van der Waals surface area contributed by atoms with Crippen LogP contribution >= 0.6 is 0 Å². The smallest absolute Gasteiger partial charge is 0.0923 e. The van der Waals surface area contributed by atoms with Crippen LogP contribution in [0.25, 0.3) is 10.9 Å². The second-order valence-electron chi connectivity index (χ2n) is 2.87. The number of hydrogen-bond donors (Lipinski definition) is 1. The van der Waals surface area contributed by atoms with Crippen molar-refractivity contribution >= 4 is 10.9 Å². The summed E-state index contributed by atoms with van der Waals surface area (Å²) in [6, 6.07) is 6.25. The van der Waals surface area contributed by atoms with E-state index in [0.29, 0.717) is 0 Å². The van der Waals surface area contributed by atoms with Gasteiger partial charge < -0.3 is 0 Å². The third-order valence-electron chi connectivity index (χ3n) is 1.90. The zero-order valence-corrected chi connectivity index (χ0v) is 12.7. The van der Waals surface area contributed by atoms with E-state index >= 15 is 0 Å². The Balaban J connectivity index is 0. The molecule has 0 amide bonds. The lowest BCUT2D eigenvalue weighted by Crippen LogP contribution is -1.72. The van der Waals surface area contributed by atoms with Gasteiger partial charge in [-0.1, -0.05) is 53.2 Å². The summed E-state index contributed by atoms with van der Waals surface area (Å²) in [5, 5.41) is 8.32. The number of H-pyrrole nitrogens is 1. The molecule has 1 heterocycles. The van der Waals surface area contributed by atoms with Crippen molar-refractivity contribution in [2.45, 2.75) is 55.4 Å². The molecule has 0 fully saturated rings. The van der Waals surface area contributed by atoms with E-state index in [4.69, 9.17) is 0 Å². The van der Waals surface area contributed by atoms with E-state index in [9.17, 15) is 0 Å². The second-order valence-corrected chi connectivity index (χ2v) is 2.87. The van der Waals surface area contributed by atoms with Crippen LogP contribution in [0.5, 0.6) is 0 Å². The molecule has 2 rings (SSSR count). The molecule has 2 aromatic rings. The maximum absolute atomic E-state index is 4.13. The van der Waals surface area contributed by atoms with E-state index in [1.807, 2.05) is 54.5 Å². The van der Waals surface area contributed by atoms with E-state index in [0.717, 1.165) is 11.2 Å². The highest BCUT2D eigenvalue weighted by molar-refractivity contribution is 5.81. The summed E-state index contributed by atoms with van der Waals surface area (Å²) < 4.78 is 0. The maximum atomic E-state index is 4.13. The van der Waals surface area contributed by atoms with E-state index in [-0.39, 0.29) is 0 Å². The molecule has 2 heteroatoms. The summed E-state index contributed by atoms with van der Waals surface area (Å²) in [5.41, 5.74) is 3.47. The fourth-order valence-electron chi connectivity index (χ4n) is 1.25. The van der Waals surface area contributed by atoms with Gasteiger partial charge in [-0.15, -0.1) is 0 Å². The van der Waals surface area contributed by atoms with Gasteiger partial charge in [0.05, 0.1) is 5.52 Å². The first-order valence-electron chi connectivity index (χ1n) is 6.69. The van der Waals surface area contributed by atoms with Gasteiger partial charge in [0, 0.05) is 11.1 Å². The predicted molar refractivity (Wildman–Crippen MR) is 79.6 cm³/mol. The highest BCUT2D eigenvalue weighted by Crippen LogP contribution is 2.15. The molecule has 2 nitrogen and oxygen atoms in total. The molecule has 0 atom stereocenters. The minimum atomic E-state index is 1.05. The molecule has 0 bridgehead atoms. The zero-order valence-electron chi connectivity index (χ0n) is 12.7. The molecule has 0 aliphatic heterocycles. The highest BCUT2D eigenvalue weighted by Gasteiger charge is 1.98. The second kappa shape index (κ2) is 11.2. The molecule has 1 aromatic heterocycles. The van der Waals surface area contributed by atoms with Gasteiger partial charge in [-0.3, -0.25) is 5.10 Å². The first kappa shape index (κ1) is 18.1. The number of rotatable bonds is 0. The number of nitrogens with zero attached hydrogens (tertiary/aromatic N) is 1. The van der Waals surface area contributed by atoms with Gasteiger partial charge in [-0.05, 0) is 26.0 Å². The first-order chi connectivity index (χ1) is 8.27. The number of aromatic nitrogens is 2. The van der Waals surface area contributed by atoms with Crippen molar-refractivity contribution in [1.82, 2.24) is 10.2 Å². The Morgan fingerprint density at radius 2 is 1.41 bits per heavy atom. The average molecular weight is 236 g/mol. The molecule has 0 saturated carbocycles. The predicted octanol–water partition coefficient (Wildman–Crippen LogP) is 5.26. The van der Waals surface area contributed by atoms with Crippen LogP contribution in [0.4, 0.5) is 0 Å². The van der Waals surface area contributed by atoms with Crippen LogP contribution in [-0.4, -0.2) is 10.2 Å². The van der Waals surface area contributed by atoms with Gasteiger partial charge in [0.2, 0.25) is 0 Å². The summed E-state index contributed by atoms with van der Waals surface area (Å²) in [6.07, 6.45) is 0. The van der Waals surface area contributed by atoms with Gasteiger partial charge in [-0.2, -0.15) is 5.10 Å². The molecule has 0 saturated heterocycles. The van der Waals surface area contributed by atoms with Gasteiger partial charge in [0.1, 0.15) is 0 Å². The number of nitrogens with one attached hydrogen (secondary N) is 1. The van der Waals surface area contributed by atoms with Gasteiger partial charge in [0.25, 0.3) is 0 Å². The molecular weight excluding hydrogens is 208 g/mol. The number of benzene rings is 1. The van der Waals surface area contributed by atoms with Crippen molar-refractivity contribution in [3.63, 3.8) is 0 Å². The van der Waals surface area contributed by atoms with Crippen molar-refractivity contribution in [3.8, 4) is 0 Å². The van der Waals surface area contributed by atoms with Gasteiger partial charge in [-0.25, -0.2) is 0 Å². The zero-order chi connectivity index (χ0) is 13.8. The fourth-order valence-corrected chi connectivity index (χ4v) is 1.25. The molecule has 0 aliphatic carbocycles. The Bertz CT molecular complexity index is 389. The molecule has 1 N–H and O–H groups in total. The van der Waals surface area contributed by atoms with E-state index in [1.165, 1.54) is 10.9 Å². The van der Waals surface area contributed by atoms with Crippen LogP contribution in [0.15, 0.2) is 18.2 Å². The van der Waals surface area contributed by atoms with E-state index in [1.54, 1.807) is 0 Å². The van der Waals surface area contributed by atoms with Crippen LogP contribution < -0.4 is 0 Å². The summed E-state index contributed by atoms with van der Waals surface area (Å²) in [5.74, 6) is 0. The Hall–Kier alpha value is -1.31. The minimum Gasteiger partial charge on any atom is -0.282 e. The average Bonchev–Trinajstić information content (AvgIpc) is 2.78. The first-order valence-corrected chi connectivity index (χ1v) is 6.69. The SMILES string of the molecule is CC.CC.CC.Cc1ccc2n[nH]c(C)c2c1. The van der Waals surface area contributed by atoms with E-state index in [2.05, 4.69) is 29.3 Å². The number of hydrogen-bond acceptors (Lipinski definition) is 1. The van der Waals surface area contributed by atoms with Crippen molar-refractivity contribution in [1.29, 1.82) is 0 Å². The van der Waals surface area contributed by atoms with Gasteiger partial charge in [0.15, 0.2) is 0 Å². The standard InChI is InChI=1S/C9H10N2.3C2H6/c1-6-3-4-9-8(5-6)7(2)10-11-9;3*1-2/h3-5H,1-2H3,(H,10,11);3*1-2H3. The molecule has 0 radical (unpaired) electrons. The number of fused-ring (bicyclic) bond motifs is 1. The maximum Gasteiger partial charge on any atom is 0.0923 e. The third kappa shape index (κ3) is 5.53. The van der Waals surface area contributed by atoms with E-state index < -0.39 is 0 Å². The Labute approximate surface area is 106 Å². The van der Waals surface area contributed by atoms with Crippen LogP contribution in [0.2, 0.25) is 0 Å². The Morgan fingerprint density at radius 3 is 1.94 bits per heavy atom. The van der Waals surface area contributed by atoms with Crippen molar-refractivity contribution < 1.29 is 0 Å². The van der Waals surface area contributed by atoms with Crippen LogP contribution in [0.1, 0.15) is 52.8 Å². The highest BCUT2D eigenvalue weighted by atomic mass is 15.1. The molecule has 98 valence electrons.